The summed E-state index contributed by atoms with van der Waals surface area (Å²) in [6.45, 7) is 6.23. The highest BCUT2D eigenvalue weighted by atomic mass is 35.5. The van der Waals surface area contributed by atoms with Crippen LogP contribution in [0.25, 0.3) is 0 Å². The molecule has 138 valence electrons. The molecule has 0 heterocycles. The smallest absolute Gasteiger partial charge is 0.265 e. The van der Waals surface area contributed by atoms with E-state index >= 15 is 0 Å². The van der Waals surface area contributed by atoms with E-state index in [4.69, 9.17) is 16.3 Å². The van der Waals surface area contributed by atoms with Crippen molar-refractivity contribution >= 4 is 29.1 Å². The summed E-state index contributed by atoms with van der Waals surface area (Å²) in [5, 5.41) is 6.14. The standard InChI is InChI=1S/C20H23ClN2O3/c1-13(2)12-22-20(25)17-9-4-5-10-18(17)23-19(24)14(3)26-16-8-6-7-15(21)11-16/h4-11,13-14H,12H2,1-3H3,(H,22,25)(H,23,24)/t14-/m1/s1. The number of carbonyl (C=O) groups excluding carboxylic acids is 2. The first kappa shape index (κ1) is 19.8. The van der Waals surface area contributed by atoms with Gasteiger partial charge in [0, 0.05) is 11.6 Å². The number of hydrogen-bond donors (Lipinski definition) is 2. The minimum Gasteiger partial charge on any atom is -0.481 e. The molecule has 5 nitrogen and oxygen atoms in total. The number of ether oxygens (including phenoxy) is 1. The SMILES string of the molecule is CC(C)CNC(=O)c1ccccc1NC(=O)[C@@H](C)Oc1cccc(Cl)c1. The van der Waals surface area contributed by atoms with E-state index in [1.54, 1.807) is 55.5 Å². The molecule has 0 aliphatic heterocycles. The van der Waals surface area contributed by atoms with Gasteiger partial charge in [-0.3, -0.25) is 9.59 Å². The number of rotatable bonds is 7. The minimum atomic E-state index is -0.750. The normalized spacial score (nSPS) is 11.7. The van der Waals surface area contributed by atoms with Crippen molar-refractivity contribution in [1.82, 2.24) is 5.32 Å². The van der Waals surface area contributed by atoms with Crippen LogP contribution in [0, 0.1) is 5.92 Å². The Kier molecular flexibility index (Phi) is 7.04. The Balaban J connectivity index is 2.05. The molecule has 0 fully saturated rings. The summed E-state index contributed by atoms with van der Waals surface area (Å²) >= 11 is 5.92. The first-order valence-corrected chi connectivity index (χ1v) is 8.85. The molecule has 0 aliphatic carbocycles. The van der Waals surface area contributed by atoms with E-state index in [1.807, 2.05) is 13.8 Å². The van der Waals surface area contributed by atoms with Gasteiger partial charge in [0.1, 0.15) is 5.75 Å². The first-order valence-electron chi connectivity index (χ1n) is 8.47. The number of amides is 2. The van der Waals surface area contributed by atoms with Crippen LogP contribution in [0.15, 0.2) is 48.5 Å². The van der Waals surface area contributed by atoms with E-state index in [9.17, 15) is 9.59 Å². The van der Waals surface area contributed by atoms with E-state index < -0.39 is 6.10 Å². The maximum Gasteiger partial charge on any atom is 0.265 e. The average Bonchev–Trinajstić information content (AvgIpc) is 2.60. The van der Waals surface area contributed by atoms with Crippen molar-refractivity contribution in [3.63, 3.8) is 0 Å². The molecule has 2 aromatic rings. The van der Waals surface area contributed by atoms with E-state index in [2.05, 4.69) is 10.6 Å². The highest BCUT2D eigenvalue weighted by molar-refractivity contribution is 6.30. The molecule has 0 saturated carbocycles. The van der Waals surface area contributed by atoms with Crippen molar-refractivity contribution < 1.29 is 14.3 Å². The molecule has 0 bridgehead atoms. The van der Waals surface area contributed by atoms with Crippen LogP contribution >= 0.6 is 11.6 Å². The Morgan fingerprint density at radius 1 is 1.08 bits per heavy atom. The number of halogens is 1. The Morgan fingerprint density at radius 3 is 2.50 bits per heavy atom. The zero-order valence-corrected chi connectivity index (χ0v) is 15.8. The fourth-order valence-corrected chi connectivity index (χ4v) is 2.39. The fraction of sp³-hybridized carbons (Fsp3) is 0.300. The van der Waals surface area contributed by atoms with Crippen LogP contribution in [-0.4, -0.2) is 24.5 Å². The third-order valence-electron chi connectivity index (χ3n) is 3.58. The summed E-state index contributed by atoms with van der Waals surface area (Å²) in [6, 6.07) is 13.7. The average molecular weight is 375 g/mol. The molecular weight excluding hydrogens is 352 g/mol. The fourth-order valence-electron chi connectivity index (χ4n) is 2.21. The van der Waals surface area contributed by atoms with Gasteiger partial charge in [-0.05, 0) is 43.2 Å². The monoisotopic (exact) mass is 374 g/mol. The number of nitrogens with one attached hydrogen (secondary N) is 2. The molecule has 1 atom stereocenters. The number of anilines is 1. The zero-order valence-electron chi connectivity index (χ0n) is 15.1. The number of hydrogen-bond acceptors (Lipinski definition) is 3. The van der Waals surface area contributed by atoms with Crippen molar-refractivity contribution in [3.8, 4) is 5.75 Å². The maximum atomic E-state index is 12.4. The van der Waals surface area contributed by atoms with Gasteiger partial charge in [-0.1, -0.05) is 43.6 Å². The predicted molar refractivity (Wildman–Crippen MR) is 104 cm³/mol. The third kappa shape index (κ3) is 5.77. The number of carbonyl (C=O) groups is 2. The summed E-state index contributed by atoms with van der Waals surface area (Å²) < 4.78 is 5.61. The summed E-state index contributed by atoms with van der Waals surface area (Å²) in [7, 11) is 0. The van der Waals surface area contributed by atoms with Gasteiger partial charge in [0.05, 0.1) is 11.3 Å². The van der Waals surface area contributed by atoms with Crippen molar-refractivity contribution in [2.45, 2.75) is 26.9 Å². The van der Waals surface area contributed by atoms with Crippen LogP contribution in [-0.2, 0) is 4.79 Å². The maximum absolute atomic E-state index is 12.4. The zero-order chi connectivity index (χ0) is 19.1. The van der Waals surface area contributed by atoms with Crippen LogP contribution in [0.1, 0.15) is 31.1 Å². The largest absolute Gasteiger partial charge is 0.481 e. The van der Waals surface area contributed by atoms with E-state index in [1.165, 1.54) is 0 Å². The molecule has 2 N–H and O–H groups in total. The molecule has 0 unspecified atom stereocenters. The lowest BCUT2D eigenvalue weighted by Crippen LogP contribution is -2.32. The molecule has 0 saturated heterocycles. The van der Waals surface area contributed by atoms with Crippen molar-refractivity contribution in [3.05, 3.63) is 59.1 Å². The van der Waals surface area contributed by atoms with E-state index in [-0.39, 0.29) is 11.8 Å². The Labute approximate surface area is 158 Å². The van der Waals surface area contributed by atoms with Crippen LogP contribution in [0.4, 0.5) is 5.69 Å². The lowest BCUT2D eigenvalue weighted by Gasteiger charge is -2.17. The van der Waals surface area contributed by atoms with Gasteiger partial charge in [0.25, 0.3) is 11.8 Å². The van der Waals surface area contributed by atoms with E-state index in [0.717, 1.165) is 0 Å². The molecule has 2 amide bonds. The second-order valence-corrected chi connectivity index (χ2v) is 6.79. The van der Waals surface area contributed by atoms with Crippen LogP contribution in [0.2, 0.25) is 5.02 Å². The summed E-state index contributed by atoms with van der Waals surface area (Å²) in [5.41, 5.74) is 0.858. The van der Waals surface area contributed by atoms with Gasteiger partial charge in [-0.15, -0.1) is 0 Å². The molecule has 6 heteroatoms. The van der Waals surface area contributed by atoms with Crippen molar-refractivity contribution in [2.75, 3.05) is 11.9 Å². The number of benzene rings is 2. The molecule has 2 aromatic carbocycles. The van der Waals surface area contributed by atoms with Gasteiger partial charge in [0.15, 0.2) is 6.10 Å². The molecule has 26 heavy (non-hydrogen) atoms. The molecule has 0 radical (unpaired) electrons. The first-order chi connectivity index (χ1) is 12.4. The van der Waals surface area contributed by atoms with Crippen LogP contribution in [0.3, 0.4) is 0 Å². The Hall–Kier alpha value is -2.53. The summed E-state index contributed by atoms with van der Waals surface area (Å²) in [5.74, 6) is 0.266. The highest BCUT2D eigenvalue weighted by Crippen LogP contribution is 2.20. The quantitative estimate of drug-likeness (QED) is 0.765. The summed E-state index contributed by atoms with van der Waals surface area (Å²) in [6.07, 6.45) is -0.750. The van der Waals surface area contributed by atoms with E-state index in [0.29, 0.717) is 34.5 Å². The number of para-hydroxylation sites is 1. The van der Waals surface area contributed by atoms with Crippen molar-refractivity contribution in [2.24, 2.45) is 5.92 Å². The van der Waals surface area contributed by atoms with Gasteiger partial charge in [-0.2, -0.15) is 0 Å². The third-order valence-corrected chi connectivity index (χ3v) is 3.81. The molecular formula is C20H23ClN2O3. The van der Waals surface area contributed by atoms with Crippen molar-refractivity contribution in [1.29, 1.82) is 0 Å². The van der Waals surface area contributed by atoms with Crippen LogP contribution < -0.4 is 15.4 Å². The minimum absolute atomic E-state index is 0.224. The molecule has 0 spiro atoms. The Morgan fingerprint density at radius 2 is 1.81 bits per heavy atom. The van der Waals surface area contributed by atoms with Gasteiger partial charge in [0.2, 0.25) is 0 Å². The molecule has 0 aromatic heterocycles. The van der Waals surface area contributed by atoms with Gasteiger partial charge < -0.3 is 15.4 Å². The second-order valence-electron chi connectivity index (χ2n) is 6.36. The van der Waals surface area contributed by atoms with Gasteiger partial charge >= 0.3 is 0 Å². The van der Waals surface area contributed by atoms with Crippen LogP contribution in [0.5, 0.6) is 5.75 Å². The second kappa shape index (κ2) is 9.25. The lowest BCUT2D eigenvalue weighted by molar-refractivity contribution is -0.122. The Bertz CT molecular complexity index is 777. The predicted octanol–water partition coefficient (Wildman–Crippen LogP) is 4.13. The highest BCUT2D eigenvalue weighted by Gasteiger charge is 2.18. The molecule has 0 aliphatic rings. The summed E-state index contributed by atoms with van der Waals surface area (Å²) in [4.78, 5) is 24.8. The topological polar surface area (TPSA) is 67.4 Å². The lowest BCUT2D eigenvalue weighted by atomic mass is 10.1. The van der Waals surface area contributed by atoms with Gasteiger partial charge in [-0.25, -0.2) is 0 Å². The molecule has 2 rings (SSSR count).